The molecule has 0 aromatic heterocycles. The molecule has 1 aliphatic heterocycles. The van der Waals surface area contributed by atoms with Gasteiger partial charge in [0.15, 0.2) is 0 Å². The summed E-state index contributed by atoms with van der Waals surface area (Å²) in [4.78, 5) is 2.41. The minimum Gasteiger partial charge on any atom is -0.369 e. The molecule has 2 nitrogen and oxygen atoms in total. The van der Waals surface area contributed by atoms with Gasteiger partial charge in [0.05, 0.1) is 5.69 Å². The third-order valence-electron chi connectivity index (χ3n) is 2.85. The monoisotopic (exact) mass is 332 g/mol. The molecular formula is C11H14Br2N2. The molecule has 15 heavy (non-hydrogen) atoms. The molecule has 1 aliphatic rings. The van der Waals surface area contributed by atoms with Crippen LogP contribution in [-0.4, -0.2) is 26.2 Å². The number of nitrogens with one attached hydrogen (secondary N) is 1. The Morgan fingerprint density at radius 2 is 2.20 bits per heavy atom. The van der Waals surface area contributed by atoms with E-state index in [-0.39, 0.29) is 0 Å². The lowest BCUT2D eigenvalue weighted by Gasteiger charge is -2.20. The Balaban J connectivity index is 2.19. The smallest absolute Gasteiger partial charge is 0.0522 e. The quantitative estimate of drug-likeness (QED) is 0.895. The summed E-state index contributed by atoms with van der Waals surface area (Å²) in [5.74, 6) is 0. The van der Waals surface area contributed by atoms with E-state index in [1.54, 1.807) is 0 Å². The summed E-state index contributed by atoms with van der Waals surface area (Å²) in [6.07, 6.45) is 1.22. The maximum atomic E-state index is 3.60. The molecule has 1 fully saturated rings. The molecule has 0 bridgehead atoms. The number of rotatable bonds is 2. The van der Waals surface area contributed by atoms with Gasteiger partial charge in [0.1, 0.15) is 0 Å². The molecule has 0 saturated carbocycles. The van der Waals surface area contributed by atoms with Crippen LogP contribution < -0.4 is 10.2 Å². The average molecular weight is 334 g/mol. The van der Waals surface area contributed by atoms with E-state index in [1.807, 2.05) is 7.05 Å². The number of benzene rings is 1. The second-order valence-electron chi connectivity index (χ2n) is 3.82. The number of halogens is 2. The summed E-state index contributed by atoms with van der Waals surface area (Å²) in [6.45, 7) is 2.21. The molecule has 1 atom stereocenters. The highest BCUT2D eigenvalue weighted by atomic mass is 79.9. The van der Waals surface area contributed by atoms with E-state index in [1.165, 1.54) is 16.6 Å². The number of nitrogens with zero attached hydrogens (tertiary/aromatic N) is 1. The van der Waals surface area contributed by atoms with Crippen molar-refractivity contribution in [3.05, 3.63) is 27.1 Å². The van der Waals surface area contributed by atoms with Crippen molar-refractivity contribution in [2.45, 2.75) is 12.5 Å². The predicted molar refractivity (Wildman–Crippen MR) is 71.5 cm³/mol. The van der Waals surface area contributed by atoms with Gasteiger partial charge < -0.3 is 10.2 Å². The van der Waals surface area contributed by atoms with Gasteiger partial charge in [-0.25, -0.2) is 0 Å². The highest BCUT2D eigenvalue weighted by Crippen LogP contribution is 2.31. The zero-order valence-corrected chi connectivity index (χ0v) is 11.8. The van der Waals surface area contributed by atoms with E-state index in [9.17, 15) is 0 Å². The highest BCUT2D eigenvalue weighted by molar-refractivity contribution is 9.11. The van der Waals surface area contributed by atoms with Crippen molar-refractivity contribution in [2.24, 2.45) is 0 Å². The molecule has 1 unspecified atom stereocenters. The normalized spacial score (nSPS) is 21.0. The molecular weight excluding hydrogens is 320 g/mol. The molecule has 82 valence electrons. The van der Waals surface area contributed by atoms with E-state index in [0.717, 1.165) is 17.6 Å². The van der Waals surface area contributed by atoms with E-state index < -0.39 is 0 Å². The van der Waals surface area contributed by atoms with Crippen LogP contribution in [0, 0.1) is 0 Å². The van der Waals surface area contributed by atoms with Crippen LogP contribution in [0.15, 0.2) is 27.1 Å². The molecule has 2 rings (SSSR count). The Bertz CT molecular complexity index is 354. The molecule has 0 amide bonds. The van der Waals surface area contributed by atoms with Crippen molar-refractivity contribution in [1.82, 2.24) is 5.32 Å². The van der Waals surface area contributed by atoms with Crippen LogP contribution in [0.2, 0.25) is 0 Å². The van der Waals surface area contributed by atoms with Crippen LogP contribution in [0.5, 0.6) is 0 Å². The van der Waals surface area contributed by atoms with Gasteiger partial charge in [0, 0.05) is 28.1 Å². The number of likely N-dealkylation sites (N-methyl/N-ethyl adjacent to an activating group) is 1. The third kappa shape index (κ3) is 2.55. The van der Waals surface area contributed by atoms with Crippen molar-refractivity contribution >= 4 is 37.5 Å². The summed E-state index contributed by atoms with van der Waals surface area (Å²) in [5.41, 5.74) is 1.28. The molecule has 0 aliphatic carbocycles. The fraction of sp³-hybridized carbons (Fsp3) is 0.455. The lowest BCUT2D eigenvalue weighted by atomic mass is 10.3. The van der Waals surface area contributed by atoms with Gasteiger partial charge in [-0.1, -0.05) is 15.9 Å². The lowest BCUT2D eigenvalue weighted by Crippen LogP contribution is -2.29. The molecule has 0 spiro atoms. The van der Waals surface area contributed by atoms with Gasteiger partial charge in [0.2, 0.25) is 0 Å². The largest absolute Gasteiger partial charge is 0.369 e. The Morgan fingerprint density at radius 3 is 2.87 bits per heavy atom. The van der Waals surface area contributed by atoms with Crippen molar-refractivity contribution in [3.8, 4) is 0 Å². The van der Waals surface area contributed by atoms with E-state index in [4.69, 9.17) is 0 Å². The molecule has 4 heteroatoms. The van der Waals surface area contributed by atoms with Crippen molar-refractivity contribution in [1.29, 1.82) is 0 Å². The summed E-state index contributed by atoms with van der Waals surface area (Å²) in [5, 5.41) is 3.33. The fourth-order valence-corrected chi connectivity index (χ4v) is 2.79. The van der Waals surface area contributed by atoms with Crippen LogP contribution in [0.25, 0.3) is 0 Å². The highest BCUT2D eigenvalue weighted by Gasteiger charge is 2.22. The molecule has 1 heterocycles. The second kappa shape index (κ2) is 4.85. The van der Waals surface area contributed by atoms with Gasteiger partial charge in [-0.2, -0.15) is 0 Å². The van der Waals surface area contributed by atoms with Crippen molar-refractivity contribution < 1.29 is 0 Å². The SMILES string of the molecule is CNC1CCN(c2cc(Br)ccc2Br)C1. The van der Waals surface area contributed by atoms with Crippen molar-refractivity contribution in [3.63, 3.8) is 0 Å². The van der Waals surface area contributed by atoms with Gasteiger partial charge >= 0.3 is 0 Å². The Labute approximate surface area is 107 Å². The average Bonchev–Trinajstić information content (AvgIpc) is 2.70. The summed E-state index contributed by atoms with van der Waals surface area (Å²) < 4.78 is 2.30. The van der Waals surface area contributed by atoms with Crippen LogP contribution in [0.4, 0.5) is 5.69 Å². The zero-order chi connectivity index (χ0) is 10.8. The molecule has 1 N–H and O–H groups in total. The van der Waals surface area contributed by atoms with Gasteiger partial charge in [-0.15, -0.1) is 0 Å². The van der Waals surface area contributed by atoms with Gasteiger partial charge in [0.25, 0.3) is 0 Å². The molecule has 1 saturated heterocycles. The van der Waals surface area contributed by atoms with Crippen LogP contribution >= 0.6 is 31.9 Å². The van der Waals surface area contributed by atoms with E-state index >= 15 is 0 Å². The first kappa shape index (κ1) is 11.4. The first-order valence-corrected chi connectivity index (χ1v) is 6.66. The fourth-order valence-electron chi connectivity index (χ4n) is 1.94. The standard InChI is InChI=1S/C11H14Br2N2/c1-14-9-4-5-15(7-9)11-6-8(12)2-3-10(11)13/h2-3,6,9,14H,4-5,7H2,1H3. The topological polar surface area (TPSA) is 15.3 Å². The maximum absolute atomic E-state index is 3.60. The van der Waals surface area contributed by atoms with E-state index in [2.05, 4.69) is 60.3 Å². The Morgan fingerprint density at radius 1 is 1.40 bits per heavy atom. The Hall–Kier alpha value is -0.0600. The minimum atomic E-state index is 0.621. The van der Waals surface area contributed by atoms with Gasteiger partial charge in [-0.3, -0.25) is 0 Å². The van der Waals surface area contributed by atoms with Crippen LogP contribution in [0.1, 0.15) is 6.42 Å². The second-order valence-corrected chi connectivity index (χ2v) is 5.59. The van der Waals surface area contributed by atoms with Crippen LogP contribution in [-0.2, 0) is 0 Å². The number of anilines is 1. The summed E-state index contributed by atoms with van der Waals surface area (Å²) in [6, 6.07) is 6.93. The van der Waals surface area contributed by atoms with Gasteiger partial charge in [-0.05, 0) is 47.6 Å². The zero-order valence-electron chi connectivity index (χ0n) is 8.63. The molecule has 1 aromatic rings. The molecule has 1 aromatic carbocycles. The van der Waals surface area contributed by atoms with E-state index in [0.29, 0.717) is 6.04 Å². The molecule has 0 radical (unpaired) electrons. The predicted octanol–water partition coefficient (Wildman–Crippen LogP) is 3.01. The summed E-state index contributed by atoms with van der Waals surface area (Å²) in [7, 11) is 2.03. The van der Waals surface area contributed by atoms with Crippen LogP contribution in [0.3, 0.4) is 0 Å². The maximum Gasteiger partial charge on any atom is 0.0522 e. The third-order valence-corrected chi connectivity index (χ3v) is 4.01. The summed E-state index contributed by atoms with van der Waals surface area (Å²) >= 11 is 7.11. The first-order chi connectivity index (χ1) is 7.20. The number of hydrogen-bond acceptors (Lipinski definition) is 2. The first-order valence-electron chi connectivity index (χ1n) is 5.08. The minimum absolute atomic E-state index is 0.621. The lowest BCUT2D eigenvalue weighted by molar-refractivity contribution is 0.617. The van der Waals surface area contributed by atoms with Crippen molar-refractivity contribution in [2.75, 3.05) is 25.0 Å². The Kier molecular flexibility index (Phi) is 3.69. The number of hydrogen-bond donors (Lipinski definition) is 1.